The number of aliphatic carboxylic acids is 3. The summed E-state index contributed by atoms with van der Waals surface area (Å²) in [5, 5.41) is 27.4. The quantitative estimate of drug-likeness (QED) is 0.0506. The van der Waals surface area contributed by atoms with Crippen molar-refractivity contribution in [1.29, 1.82) is 0 Å². The first-order valence-electron chi connectivity index (χ1n) is 15.5. The number of quaternary nitrogens is 1. The molecule has 7 heteroatoms. The second-order valence-corrected chi connectivity index (χ2v) is 11.0. The van der Waals surface area contributed by atoms with Crippen molar-refractivity contribution < 1.29 is 34.2 Å². The van der Waals surface area contributed by atoms with Crippen LogP contribution in [0, 0.1) is 0 Å². The fourth-order valence-electron chi connectivity index (χ4n) is 5.14. The molecule has 3 N–H and O–H groups in total. The molecule has 38 heavy (non-hydrogen) atoms. The summed E-state index contributed by atoms with van der Waals surface area (Å²) in [6, 6.07) is 0. The number of carboxylic acid groups (broad SMARTS) is 3. The third-order valence-electron chi connectivity index (χ3n) is 7.56. The van der Waals surface area contributed by atoms with Gasteiger partial charge in [-0.3, -0.25) is 14.4 Å². The Kier molecular flexibility index (Phi) is 24.1. The van der Waals surface area contributed by atoms with Crippen LogP contribution < -0.4 is 0 Å². The maximum absolute atomic E-state index is 11.1. The standard InChI is InChI=1S/C31H57NO6/c1-2-3-4-5-6-7-8-9-10-11-12-13-14-15-16-17-18-19-20-21-25-32(26-22-29(33)34,27-23-30(35)36)28-24-31(37)38/h3-4H,2,5-28H2,1H3,(H2-,33,34,35,36,37,38)/p+1/b4-3+. The van der Waals surface area contributed by atoms with Gasteiger partial charge in [-0.2, -0.15) is 0 Å². The van der Waals surface area contributed by atoms with E-state index in [9.17, 15) is 14.4 Å². The van der Waals surface area contributed by atoms with Crippen LogP contribution in [0.1, 0.15) is 142 Å². The zero-order valence-electron chi connectivity index (χ0n) is 24.3. The molecule has 0 saturated carbocycles. The van der Waals surface area contributed by atoms with Crippen molar-refractivity contribution in [2.24, 2.45) is 0 Å². The van der Waals surface area contributed by atoms with E-state index in [1.165, 1.54) is 89.9 Å². The molecule has 0 atom stereocenters. The summed E-state index contributed by atoms with van der Waals surface area (Å²) in [7, 11) is 0. The summed E-state index contributed by atoms with van der Waals surface area (Å²) in [6.45, 7) is 3.68. The Morgan fingerprint density at radius 2 is 0.789 bits per heavy atom. The lowest BCUT2D eigenvalue weighted by atomic mass is 10.0. The predicted molar refractivity (Wildman–Crippen MR) is 154 cm³/mol. The smallest absolute Gasteiger partial charge is 0.309 e. The number of unbranched alkanes of at least 4 members (excludes halogenated alkanes) is 16. The molecule has 0 saturated heterocycles. The average Bonchev–Trinajstić information content (AvgIpc) is 2.88. The highest BCUT2D eigenvalue weighted by Crippen LogP contribution is 2.17. The van der Waals surface area contributed by atoms with Gasteiger partial charge >= 0.3 is 17.9 Å². The van der Waals surface area contributed by atoms with E-state index in [4.69, 9.17) is 15.3 Å². The first-order valence-corrected chi connectivity index (χ1v) is 15.5. The van der Waals surface area contributed by atoms with Gasteiger partial charge in [0.1, 0.15) is 0 Å². The number of hydrogen-bond donors (Lipinski definition) is 3. The lowest BCUT2D eigenvalue weighted by Crippen LogP contribution is -2.52. The summed E-state index contributed by atoms with van der Waals surface area (Å²) in [5.74, 6) is -2.79. The number of carbonyl (C=O) groups is 3. The summed E-state index contributed by atoms with van der Waals surface area (Å²) < 4.78 is 0.265. The topological polar surface area (TPSA) is 112 Å². The van der Waals surface area contributed by atoms with Crippen molar-refractivity contribution >= 4 is 17.9 Å². The predicted octanol–water partition coefficient (Wildman–Crippen LogP) is 7.83. The van der Waals surface area contributed by atoms with Crippen molar-refractivity contribution in [3.05, 3.63) is 12.2 Å². The molecular formula is C31H58NO6+. The van der Waals surface area contributed by atoms with Gasteiger partial charge < -0.3 is 19.8 Å². The molecule has 0 amide bonds. The highest BCUT2D eigenvalue weighted by atomic mass is 16.4. The van der Waals surface area contributed by atoms with Gasteiger partial charge in [0.05, 0.1) is 45.4 Å². The molecule has 0 aliphatic carbocycles. The van der Waals surface area contributed by atoms with Crippen LogP contribution in [0.25, 0.3) is 0 Å². The van der Waals surface area contributed by atoms with Crippen LogP contribution >= 0.6 is 0 Å². The summed E-state index contributed by atoms with van der Waals surface area (Å²) in [6.07, 6.45) is 27.1. The zero-order chi connectivity index (χ0) is 28.3. The second kappa shape index (κ2) is 25.4. The van der Waals surface area contributed by atoms with Crippen LogP contribution in [0.15, 0.2) is 12.2 Å². The number of allylic oxidation sites excluding steroid dienone is 2. The molecule has 0 aromatic carbocycles. The molecule has 0 heterocycles. The van der Waals surface area contributed by atoms with Gasteiger partial charge in [0.15, 0.2) is 0 Å². The lowest BCUT2D eigenvalue weighted by Gasteiger charge is -2.38. The van der Waals surface area contributed by atoms with E-state index in [0.717, 1.165) is 25.7 Å². The number of rotatable bonds is 29. The van der Waals surface area contributed by atoms with Crippen LogP contribution in [-0.4, -0.2) is 63.9 Å². The molecular weight excluding hydrogens is 482 g/mol. The third kappa shape index (κ3) is 24.4. The molecule has 7 nitrogen and oxygen atoms in total. The SMILES string of the molecule is CC/C=C/CCCCCCCCCCCCCCCCCC[N+](CCC(=O)O)(CCC(=O)O)CCC(=O)O. The fraction of sp³-hybridized carbons (Fsp3) is 0.839. The van der Waals surface area contributed by atoms with E-state index >= 15 is 0 Å². The molecule has 0 aliphatic heterocycles. The normalized spacial score (nSPS) is 11.8. The van der Waals surface area contributed by atoms with E-state index in [0.29, 0.717) is 6.54 Å². The van der Waals surface area contributed by atoms with Crippen molar-refractivity contribution in [3.63, 3.8) is 0 Å². The van der Waals surface area contributed by atoms with E-state index in [1.807, 2.05) is 0 Å². The molecule has 0 spiro atoms. The Morgan fingerprint density at radius 3 is 1.11 bits per heavy atom. The van der Waals surface area contributed by atoms with Crippen molar-refractivity contribution in [2.75, 3.05) is 26.2 Å². The third-order valence-corrected chi connectivity index (χ3v) is 7.56. The number of hydrogen-bond acceptors (Lipinski definition) is 3. The highest BCUT2D eigenvalue weighted by molar-refractivity contribution is 5.67. The molecule has 0 bridgehead atoms. The van der Waals surface area contributed by atoms with Crippen molar-refractivity contribution in [1.82, 2.24) is 0 Å². The van der Waals surface area contributed by atoms with E-state index in [2.05, 4.69) is 19.1 Å². The molecule has 0 unspecified atom stereocenters. The van der Waals surface area contributed by atoms with Crippen LogP contribution in [0.5, 0.6) is 0 Å². The van der Waals surface area contributed by atoms with Crippen molar-refractivity contribution in [3.8, 4) is 0 Å². The molecule has 0 rings (SSSR count). The lowest BCUT2D eigenvalue weighted by molar-refractivity contribution is -0.927. The van der Waals surface area contributed by atoms with E-state index < -0.39 is 17.9 Å². The minimum atomic E-state index is -0.931. The maximum Gasteiger partial charge on any atom is 0.309 e. The van der Waals surface area contributed by atoms with E-state index in [-0.39, 0.29) is 43.4 Å². The zero-order valence-corrected chi connectivity index (χ0v) is 24.3. The van der Waals surface area contributed by atoms with Crippen molar-refractivity contribution in [2.45, 2.75) is 142 Å². The van der Waals surface area contributed by atoms with Gasteiger partial charge in [0.25, 0.3) is 0 Å². The first kappa shape index (κ1) is 36.1. The number of nitrogens with zero attached hydrogens (tertiary/aromatic N) is 1. The van der Waals surface area contributed by atoms with E-state index in [1.54, 1.807) is 0 Å². The van der Waals surface area contributed by atoms with Gasteiger partial charge in [-0.15, -0.1) is 0 Å². The fourth-order valence-corrected chi connectivity index (χ4v) is 5.14. The van der Waals surface area contributed by atoms with Gasteiger partial charge in [-0.25, -0.2) is 0 Å². The summed E-state index contributed by atoms with van der Waals surface area (Å²) >= 11 is 0. The Labute approximate surface area is 232 Å². The largest absolute Gasteiger partial charge is 0.481 e. The van der Waals surface area contributed by atoms with Crippen LogP contribution in [0.3, 0.4) is 0 Å². The summed E-state index contributed by atoms with van der Waals surface area (Å²) in [4.78, 5) is 33.4. The van der Waals surface area contributed by atoms with Crippen LogP contribution in [-0.2, 0) is 14.4 Å². The summed E-state index contributed by atoms with van der Waals surface area (Å²) in [5.41, 5.74) is 0. The first-order chi connectivity index (χ1) is 18.3. The molecule has 0 aromatic rings. The molecule has 0 radical (unpaired) electrons. The van der Waals surface area contributed by atoms with Crippen LogP contribution in [0.2, 0.25) is 0 Å². The Balaban J connectivity index is 3.87. The molecule has 0 aliphatic rings. The molecule has 222 valence electrons. The second-order valence-electron chi connectivity index (χ2n) is 11.0. The van der Waals surface area contributed by atoms with Gasteiger partial charge in [0.2, 0.25) is 0 Å². The monoisotopic (exact) mass is 540 g/mol. The van der Waals surface area contributed by atoms with Gasteiger partial charge in [-0.1, -0.05) is 103 Å². The minimum absolute atomic E-state index is 0.0730. The Morgan fingerprint density at radius 1 is 0.474 bits per heavy atom. The Hall–Kier alpha value is -1.89. The van der Waals surface area contributed by atoms with Gasteiger partial charge in [-0.05, 0) is 32.1 Å². The average molecular weight is 541 g/mol. The number of carboxylic acids is 3. The molecule has 0 aromatic heterocycles. The highest BCUT2D eigenvalue weighted by Gasteiger charge is 2.29. The van der Waals surface area contributed by atoms with Gasteiger partial charge in [0, 0.05) is 0 Å². The minimum Gasteiger partial charge on any atom is -0.481 e. The maximum atomic E-state index is 11.1. The Bertz CT molecular complexity index is 588. The molecule has 0 fully saturated rings. The van der Waals surface area contributed by atoms with Crippen LogP contribution in [0.4, 0.5) is 0 Å².